The predicted molar refractivity (Wildman–Crippen MR) is 135 cm³/mol. The van der Waals surface area contributed by atoms with Crippen molar-refractivity contribution in [2.75, 3.05) is 6.54 Å². The number of carbonyl (C=O) groups is 1. The van der Waals surface area contributed by atoms with Gasteiger partial charge in [0.1, 0.15) is 0 Å². The topological polar surface area (TPSA) is 66.5 Å². The van der Waals surface area contributed by atoms with Gasteiger partial charge in [-0.2, -0.15) is 0 Å². The van der Waals surface area contributed by atoms with Crippen molar-refractivity contribution in [1.29, 1.82) is 0 Å². The number of rotatable bonds is 6. The largest absolute Gasteiger partial charge is 0.311 e. The molecule has 1 saturated carbocycles. The van der Waals surface area contributed by atoms with E-state index in [1.54, 1.807) is 17.1 Å². The summed E-state index contributed by atoms with van der Waals surface area (Å²) in [6.45, 7) is 13.9. The Bertz CT molecular complexity index is 1120. The van der Waals surface area contributed by atoms with Crippen LogP contribution in [0.25, 0.3) is 11.0 Å². The minimum absolute atomic E-state index is 0. The summed E-state index contributed by atoms with van der Waals surface area (Å²) in [7, 11) is -3.67. The lowest BCUT2D eigenvalue weighted by molar-refractivity contribution is -0.125. The first kappa shape index (κ1) is 25.8. The molecule has 4 rings (SSSR count). The maximum Gasteiger partial charge on any atom is 0.237 e. The van der Waals surface area contributed by atoms with Crippen LogP contribution in [0.5, 0.6) is 0 Å². The second-order valence-electron chi connectivity index (χ2n) is 7.48. The molecule has 1 N–H and O–H groups in total. The van der Waals surface area contributed by atoms with Crippen molar-refractivity contribution in [3.63, 3.8) is 0 Å². The number of likely N-dealkylation sites (tertiary alicyclic amines) is 1. The molecule has 176 valence electrons. The maximum absolute atomic E-state index is 13.2. The van der Waals surface area contributed by atoms with Crippen molar-refractivity contribution in [2.24, 2.45) is 11.8 Å². The van der Waals surface area contributed by atoms with Gasteiger partial charge in [-0.1, -0.05) is 76.8 Å². The second-order valence-corrected chi connectivity index (χ2v) is 9.16. The molecule has 3 unspecified atom stereocenters. The quantitative estimate of drug-likeness (QED) is 0.661. The Morgan fingerprint density at radius 2 is 1.91 bits per heavy atom. The zero-order chi connectivity index (χ0) is 23.9. The minimum atomic E-state index is -3.67. The zero-order valence-electron chi connectivity index (χ0n) is 19.8. The number of carbonyl (C=O) groups excluding carboxylic acids is 1. The average Bonchev–Trinajstić information content (AvgIpc) is 3.47. The van der Waals surface area contributed by atoms with E-state index in [0.717, 1.165) is 22.6 Å². The lowest BCUT2D eigenvalue weighted by Crippen LogP contribution is -2.42. The first-order valence-corrected chi connectivity index (χ1v) is 13.0. The van der Waals surface area contributed by atoms with Gasteiger partial charge in [-0.15, -0.1) is 0 Å². The van der Waals surface area contributed by atoms with Gasteiger partial charge in [0.05, 0.1) is 4.91 Å². The molecule has 0 radical (unpaired) electrons. The van der Waals surface area contributed by atoms with Crippen LogP contribution < -0.4 is 15.2 Å². The standard InChI is InChI=1S/C22H24N2O3S.2C2H6.H2/c1-3-7-18(8-4-2)24-14-17(13-21(24)25)23-28(26,27)22-19-10-6-5-9-15(19)11-16-12-20(16)22;2*1-2;/h3-11,16-17,20,23H,1,12-14H2,2H3;2*1-2H3;1H/b8-4-,18-7+;;;. The van der Waals surface area contributed by atoms with Crippen molar-refractivity contribution in [1.82, 2.24) is 9.62 Å². The Morgan fingerprint density at radius 3 is 2.56 bits per heavy atom. The molecular formula is C26H38N2O3S. The van der Waals surface area contributed by atoms with E-state index in [9.17, 15) is 13.2 Å². The lowest BCUT2D eigenvalue weighted by Gasteiger charge is -2.19. The van der Waals surface area contributed by atoms with Gasteiger partial charge < -0.3 is 4.90 Å². The van der Waals surface area contributed by atoms with Gasteiger partial charge in [-0.05, 0) is 41.9 Å². The van der Waals surface area contributed by atoms with Crippen LogP contribution in [0.15, 0.2) is 60.8 Å². The molecule has 3 aliphatic rings. The second kappa shape index (κ2) is 11.4. The van der Waals surface area contributed by atoms with Gasteiger partial charge in [0.2, 0.25) is 15.9 Å². The van der Waals surface area contributed by atoms with E-state index < -0.39 is 16.1 Å². The number of hydrogen-bond donors (Lipinski definition) is 1. The van der Waals surface area contributed by atoms with Crippen molar-refractivity contribution >= 4 is 26.9 Å². The van der Waals surface area contributed by atoms with Crippen LogP contribution >= 0.6 is 0 Å². The Hall–Kier alpha value is -2.44. The highest BCUT2D eigenvalue weighted by atomic mass is 32.2. The molecule has 1 amide bonds. The molecule has 6 heteroatoms. The Balaban J connectivity index is 0.00000103. The molecule has 0 spiro atoms. The summed E-state index contributed by atoms with van der Waals surface area (Å²) in [6.07, 6.45) is 10.2. The summed E-state index contributed by atoms with van der Waals surface area (Å²) < 4.78 is 29.3. The molecule has 1 aromatic rings. The van der Waals surface area contributed by atoms with Crippen LogP contribution in [0.4, 0.5) is 0 Å². The summed E-state index contributed by atoms with van der Waals surface area (Å²) in [5.41, 5.74) is 0.719. The van der Waals surface area contributed by atoms with E-state index >= 15 is 0 Å². The van der Waals surface area contributed by atoms with Crippen molar-refractivity contribution in [2.45, 2.75) is 53.5 Å². The molecule has 2 aliphatic carbocycles. The third-order valence-corrected chi connectivity index (χ3v) is 7.22. The maximum atomic E-state index is 13.2. The van der Waals surface area contributed by atoms with Crippen molar-refractivity contribution < 1.29 is 14.6 Å². The van der Waals surface area contributed by atoms with Crippen molar-refractivity contribution in [3.8, 4) is 0 Å². The normalized spacial score (nSPS) is 23.8. The highest BCUT2D eigenvalue weighted by Gasteiger charge is 2.46. The average molecular weight is 459 g/mol. The molecule has 3 atom stereocenters. The zero-order valence-corrected chi connectivity index (χ0v) is 20.7. The fourth-order valence-corrected chi connectivity index (χ4v) is 6.06. The number of sulfonamides is 1. The van der Waals surface area contributed by atoms with Gasteiger partial charge in [-0.3, -0.25) is 4.79 Å². The number of benzene rings is 1. The van der Waals surface area contributed by atoms with Crippen molar-refractivity contribution in [3.05, 3.63) is 71.3 Å². The summed E-state index contributed by atoms with van der Waals surface area (Å²) in [4.78, 5) is 14.6. The molecule has 5 nitrogen and oxygen atoms in total. The molecule has 0 bridgehead atoms. The SMILES string of the molecule is C=C/C=C(\C=C/C)N1CC(NS(=O)(=O)C2=c3ccccc3=CC3CC23)CC1=O.CC.CC.[HH]. The molecular weight excluding hydrogens is 420 g/mol. The monoisotopic (exact) mass is 458 g/mol. The first-order valence-electron chi connectivity index (χ1n) is 11.5. The van der Waals surface area contributed by atoms with E-state index in [1.807, 2.05) is 71.0 Å². The lowest BCUT2D eigenvalue weighted by atomic mass is 10.1. The van der Waals surface area contributed by atoms with Crippen LogP contribution in [0.2, 0.25) is 0 Å². The molecule has 1 aliphatic heterocycles. The fraction of sp³-hybridized carbons (Fsp3) is 0.423. The molecule has 32 heavy (non-hydrogen) atoms. The summed E-state index contributed by atoms with van der Waals surface area (Å²) in [5, 5.41) is 1.77. The van der Waals surface area contributed by atoms with Crippen LogP contribution in [0.1, 0.15) is 48.9 Å². The number of nitrogens with one attached hydrogen (secondary N) is 1. The number of amides is 1. The third kappa shape index (κ3) is 5.48. The molecule has 0 aromatic heterocycles. The Morgan fingerprint density at radius 1 is 1.22 bits per heavy atom. The number of hydrogen-bond acceptors (Lipinski definition) is 3. The molecule has 1 heterocycles. The molecule has 1 saturated heterocycles. The van der Waals surface area contributed by atoms with Gasteiger partial charge in [0.15, 0.2) is 0 Å². The van der Waals surface area contributed by atoms with Crippen LogP contribution in [-0.2, 0) is 14.8 Å². The van der Waals surface area contributed by atoms with Crippen LogP contribution in [0, 0.1) is 11.8 Å². The number of allylic oxidation sites excluding steroid dienone is 4. The number of fused-ring (bicyclic) bond motifs is 2. The molecule has 2 fully saturated rings. The fourth-order valence-electron chi connectivity index (χ4n) is 4.19. The third-order valence-electron chi connectivity index (χ3n) is 5.47. The predicted octanol–water partition coefficient (Wildman–Crippen LogP) is 3.69. The first-order chi connectivity index (χ1) is 15.4. The summed E-state index contributed by atoms with van der Waals surface area (Å²) in [6, 6.07) is 7.19. The van der Waals surface area contributed by atoms with Gasteiger partial charge in [0, 0.05) is 32.0 Å². The Labute approximate surface area is 194 Å². The van der Waals surface area contributed by atoms with E-state index in [0.29, 0.717) is 17.4 Å². The molecule has 1 aromatic carbocycles. The van der Waals surface area contributed by atoms with Gasteiger partial charge in [-0.25, -0.2) is 13.1 Å². The smallest absolute Gasteiger partial charge is 0.237 e. The van der Waals surface area contributed by atoms with E-state index in [4.69, 9.17) is 0 Å². The summed E-state index contributed by atoms with van der Waals surface area (Å²) >= 11 is 0. The highest BCUT2D eigenvalue weighted by Crippen LogP contribution is 2.48. The van der Waals surface area contributed by atoms with E-state index in [-0.39, 0.29) is 19.7 Å². The minimum Gasteiger partial charge on any atom is -0.311 e. The summed E-state index contributed by atoms with van der Waals surface area (Å²) in [5.74, 6) is 0.269. The highest BCUT2D eigenvalue weighted by molar-refractivity contribution is 7.98. The number of nitrogens with zero attached hydrogens (tertiary/aromatic N) is 1. The Kier molecular flexibility index (Phi) is 9.22. The van der Waals surface area contributed by atoms with E-state index in [1.165, 1.54) is 0 Å². The van der Waals surface area contributed by atoms with Gasteiger partial charge >= 0.3 is 0 Å². The van der Waals surface area contributed by atoms with Crippen LogP contribution in [-0.4, -0.2) is 31.8 Å². The van der Waals surface area contributed by atoms with E-state index in [2.05, 4.69) is 17.4 Å². The van der Waals surface area contributed by atoms with Gasteiger partial charge in [0.25, 0.3) is 0 Å². The van der Waals surface area contributed by atoms with Crippen LogP contribution in [0.3, 0.4) is 0 Å².